The van der Waals surface area contributed by atoms with E-state index in [1.165, 1.54) is 7.11 Å². The zero-order chi connectivity index (χ0) is 12.5. The van der Waals surface area contributed by atoms with E-state index in [-0.39, 0.29) is 24.4 Å². The molecule has 0 aromatic carbocycles. The lowest BCUT2D eigenvalue weighted by molar-refractivity contribution is -0.142. The van der Waals surface area contributed by atoms with Gasteiger partial charge in [-0.15, -0.1) is 0 Å². The van der Waals surface area contributed by atoms with Gasteiger partial charge >= 0.3 is 6.18 Å². The summed E-state index contributed by atoms with van der Waals surface area (Å²) in [6.07, 6.45) is -4.15. The van der Waals surface area contributed by atoms with Crippen LogP contribution in [0.1, 0.15) is 22.8 Å². The van der Waals surface area contributed by atoms with Crippen molar-refractivity contribution in [3.8, 4) is 0 Å². The van der Waals surface area contributed by atoms with Crippen LogP contribution in [0.2, 0.25) is 0 Å². The predicted octanol–water partition coefficient (Wildman–Crippen LogP) is 1.29. The molecule has 0 spiro atoms. The fourth-order valence-electron chi connectivity index (χ4n) is 1.76. The van der Waals surface area contributed by atoms with Crippen LogP contribution >= 0.6 is 0 Å². The Balaban J connectivity index is 2.39. The third kappa shape index (κ3) is 2.55. The van der Waals surface area contributed by atoms with Gasteiger partial charge in [0.25, 0.3) is 0 Å². The average Bonchev–Trinajstić information content (AvgIpc) is 2.71. The molecule has 94 valence electrons. The molecule has 1 aliphatic heterocycles. The lowest BCUT2D eigenvalue weighted by Gasteiger charge is -2.11. The number of rotatable bonds is 3. The molecule has 0 bridgehead atoms. The maximum atomic E-state index is 12.8. The quantitative estimate of drug-likeness (QED) is 0.874. The van der Waals surface area contributed by atoms with Gasteiger partial charge in [-0.05, 0) is 0 Å². The Morgan fingerprint density at radius 3 is 2.71 bits per heavy atom. The molecular weight excluding hydrogens is 235 g/mol. The minimum absolute atomic E-state index is 0.165. The Morgan fingerprint density at radius 1 is 1.29 bits per heavy atom. The van der Waals surface area contributed by atoms with Gasteiger partial charge in [0.05, 0.1) is 12.3 Å². The van der Waals surface area contributed by atoms with E-state index in [1.807, 2.05) is 0 Å². The summed E-state index contributed by atoms with van der Waals surface area (Å²) in [6, 6.07) is 0. The van der Waals surface area contributed by atoms with Crippen LogP contribution in [0.15, 0.2) is 0 Å². The Hall–Kier alpha value is -1.21. The number of hydrogen-bond donors (Lipinski definition) is 1. The Bertz CT molecular complexity index is 420. The number of halogens is 3. The highest BCUT2D eigenvalue weighted by Crippen LogP contribution is 2.33. The van der Waals surface area contributed by atoms with Gasteiger partial charge in [0, 0.05) is 32.2 Å². The molecule has 0 atom stereocenters. The molecule has 17 heavy (non-hydrogen) atoms. The summed E-state index contributed by atoms with van der Waals surface area (Å²) >= 11 is 0. The molecule has 0 unspecified atom stereocenters. The second-order valence-corrected chi connectivity index (χ2v) is 3.76. The summed E-state index contributed by atoms with van der Waals surface area (Å²) in [6.45, 7) is 0.846. The number of fused-ring (bicyclic) bond motifs is 1. The van der Waals surface area contributed by atoms with Crippen molar-refractivity contribution in [3.05, 3.63) is 22.8 Å². The van der Waals surface area contributed by atoms with Gasteiger partial charge in [-0.3, -0.25) is 0 Å². The largest absolute Gasteiger partial charge is 0.433 e. The highest BCUT2D eigenvalue weighted by Gasteiger charge is 2.38. The topological polar surface area (TPSA) is 47.0 Å². The van der Waals surface area contributed by atoms with Crippen LogP contribution in [0.25, 0.3) is 0 Å². The molecule has 0 radical (unpaired) electrons. The molecule has 1 aromatic heterocycles. The van der Waals surface area contributed by atoms with Gasteiger partial charge in [-0.25, -0.2) is 9.97 Å². The number of alkyl halides is 3. The van der Waals surface area contributed by atoms with Crippen LogP contribution in [0.4, 0.5) is 13.2 Å². The van der Waals surface area contributed by atoms with Crippen molar-refractivity contribution >= 4 is 0 Å². The van der Waals surface area contributed by atoms with Crippen molar-refractivity contribution in [1.29, 1.82) is 0 Å². The van der Waals surface area contributed by atoms with Crippen molar-refractivity contribution in [1.82, 2.24) is 15.3 Å². The van der Waals surface area contributed by atoms with E-state index in [0.29, 0.717) is 18.8 Å². The van der Waals surface area contributed by atoms with Crippen LogP contribution in [0.5, 0.6) is 0 Å². The molecule has 1 N–H and O–H groups in total. The molecule has 4 nitrogen and oxygen atoms in total. The van der Waals surface area contributed by atoms with Crippen LogP contribution in [0, 0.1) is 0 Å². The third-order valence-corrected chi connectivity index (χ3v) is 2.53. The van der Waals surface area contributed by atoms with Crippen LogP contribution in [0.3, 0.4) is 0 Å². The number of ether oxygens (including phenoxy) is 1. The van der Waals surface area contributed by atoms with E-state index in [0.717, 1.165) is 0 Å². The summed E-state index contributed by atoms with van der Waals surface area (Å²) in [4.78, 5) is 7.71. The number of hydrogen-bond acceptors (Lipinski definition) is 4. The summed E-state index contributed by atoms with van der Waals surface area (Å²) in [5.41, 5.74) is -0.212. The molecule has 0 fully saturated rings. The Morgan fingerprint density at radius 2 is 2.06 bits per heavy atom. The van der Waals surface area contributed by atoms with Crippen molar-refractivity contribution in [2.45, 2.75) is 25.7 Å². The smallest absolute Gasteiger partial charge is 0.384 e. The van der Waals surface area contributed by atoms with Crippen LogP contribution in [-0.2, 0) is 30.4 Å². The lowest BCUT2D eigenvalue weighted by Crippen LogP contribution is -2.16. The van der Waals surface area contributed by atoms with E-state index in [4.69, 9.17) is 4.74 Å². The van der Waals surface area contributed by atoms with Crippen molar-refractivity contribution in [2.75, 3.05) is 13.7 Å². The molecule has 2 rings (SSSR count). The van der Waals surface area contributed by atoms with E-state index >= 15 is 0 Å². The number of nitrogens with zero attached hydrogens (tertiary/aromatic N) is 2. The first-order chi connectivity index (χ1) is 8.02. The monoisotopic (exact) mass is 247 g/mol. The average molecular weight is 247 g/mol. The first-order valence-corrected chi connectivity index (χ1v) is 5.18. The zero-order valence-electron chi connectivity index (χ0n) is 9.26. The van der Waals surface area contributed by atoms with Gasteiger partial charge < -0.3 is 10.1 Å². The van der Waals surface area contributed by atoms with Crippen molar-refractivity contribution in [2.24, 2.45) is 0 Å². The standard InChI is InChI=1S/C10H12F3N3O/c1-17-3-2-8-15-7-5-14-4-6(7)9(16-8)10(11,12)13/h14H,2-5H2,1H3. The number of aromatic nitrogens is 2. The minimum Gasteiger partial charge on any atom is -0.384 e. The van der Waals surface area contributed by atoms with Crippen LogP contribution < -0.4 is 5.32 Å². The highest BCUT2D eigenvalue weighted by molar-refractivity contribution is 5.31. The lowest BCUT2D eigenvalue weighted by atomic mass is 10.1. The second-order valence-electron chi connectivity index (χ2n) is 3.76. The molecule has 2 heterocycles. The number of methoxy groups -OCH3 is 1. The fourth-order valence-corrected chi connectivity index (χ4v) is 1.76. The van der Waals surface area contributed by atoms with Gasteiger partial charge in [0.2, 0.25) is 0 Å². The van der Waals surface area contributed by atoms with E-state index in [2.05, 4.69) is 15.3 Å². The molecular formula is C10H12F3N3O. The van der Waals surface area contributed by atoms with Gasteiger partial charge in [-0.1, -0.05) is 0 Å². The molecule has 0 amide bonds. The predicted molar refractivity (Wildman–Crippen MR) is 53.2 cm³/mol. The fraction of sp³-hybridized carbons (Fsp3) is 0.600. The Labute approximate surface area is 96.2 Å². The van der Waals surface area contributed by atoms with Crippen molar-refractivity contribution in [3.63, 3.8) is 0 Å². The zero-order valence-corrected chi connectivity index (χ0v) is 9.26. The summed E-state index contributed by atoms with van der Waals surface area (Å²) in [5.74, 6) is 0.182. The van der Waals surface area contributed by atoms with Gasteiger partial charge in [0.15, 0.2) is 5.69 Å². The first-order valence-electron chi connectivity index (χ1n) is 5.18. The number of nitrogens with one attached hydrogen (secondary N) is 1. The molecule has 7 heteroatoms. The van der Waals surface area contributed by atoms with E-state index in [1.54, 1.807) is 0 Å². The Kier molecular flexibility index (Phi) is 3.30. The molecule has 0 aliphatic carbocycles. The van der Waals surface area contributed by atoms with E-state index < -0.39 is 11.9 Å². The normalized spacial score (nSPS) is 15.1. The van der Waals surface area contributed by atoms with Gasteiger partial charge in [-0.2, -0.15) is 13.2 Å². The summed E-state index contributed by atoms with van der Waals surface area (Å²) < 4.78 is 43.2. The van der Waals surface area contributed by atoms with Crippen molar-refractivity contribution < 1.29 is 17.9 Å². The molecule has 1 aromatic rings. The van der Waals surface area contributed by atoms with Gasteiger partial charge in [0.1, 0.15) is 5.82 Å². The maximum Gasteiger partial charge on any atom is 0.433 e. The highest BCUT2D eigenvalue weighted by atomic mass is 19.4. The maximum absolute atomic E-state index is 12.8. The molecule has 1 aliphatic rings. The minimum atomic E-state index is -4.43. The van der Waals surface area contributed by atoms with E-state index in [9.17, 15) is 13.2 Å². The second kappa shape index (κ2) is 4.58. The van der Waals surface area contributed by atoms with Crippen LogP contribution in [-0.4, -0.2) is 23.7 Å². The SMILES string of the molecule is COCCc1nc2c(c(C(F)(F)F)n1)CNC2. The third-order valence-electron chi connectivity index (χ3n) is 2.53. The summed E-state index contributed by atoms with van der Waals surface area (Å²) in [7, 11) is 1.49. The molecule has 0 saturated carbocycles. The summed E-state index contributed by atoms with van der Waals surface area (Å²) in [5, 5.41) is 2.85. The molecule has 0 saturated heterocycles. The first kappa shape index (κ1) is 12.3.